The Bertz CT molecular complexity index is 339. The maximum Gasteiger partial charge on any atom is 0.165 e. The van der Waals surface area contributed by atoms with Crippen LogP contribution in [0.4, 0.5) is 8.78 Å². The molecule has 0 atom stereocenters. The fourth-order valence-corrected chi connectivity index (χ4v) is 1.21. The van der Waals surface area contributed by atoms with E-state index in [1.54, 1.807) is 0 Å². The monoisotopic (exact) mass is 218 g/mol. The van der Waals surface area contributed by atoms with Gasteiger partial charge in [-0.3, -0.25) is 4.79 Å². The molecule has 0 radical (unpaired) electrons. The molecule has 0 bridgehead atoms. The number of hydrogen-bond acceptors (Lipinski definition) is 1. The molecule has 0 aliphatic heterocycles. The Hall–Kier alpha value is -0.960. The van der Waals surface area contributed by atoms with Crippen molar-refractivity contribution in [2.75, 3.05) is 5.88 Å². The Labute approximate surface area is 85.7 Å². The van der Waals surface area contributed by atoms with Gasteiger partial charge in [0.1, 0.15) is 11.6 Å². The molecule has 0 aromatic heterocycles. The van der Waals surface area contributed by atoms with Gasteiger partial charge in [0.2, 0.25) is 0 Å². The molecule has 1 nitrogen and oxygen atoms in total. The Morgan fingerprint density at radius 3 is 2.71 bits per heavy atom. The van der Waals surface area contributed by atoms with Gasteiger partial charge in [-0.05, 0) is 24.6 Å². The lowest BCUT2D eigenvalue weighted by molar-refractivity contribution is 0.0977. The summed E-state index contributed by atoms with van der Waals surface area (Å²) in [6.07, 6.45) is 0.611. The SMILES string of the molecule is O=C(CCCCl)c1cc(F)ccc1F. The number of carbonyl (C=O) groups is 1. The van der Waals surface area contributed by atoms with Crippen molar-refractivity contribution in [1.82, 2.24) is 0 Å². The Balaban J connectivity index is 2.83. The summed E-state index contributed by atoms with van der Waals surface area (Å²) in [5.41, 5.74) is -0.199. The van der Waals surface area contributed by atoms with Crippen molar-refractivity contribution in [3.05, 3.63) is 35.4 Å². The molecular weight excluding hydrogens is 210 g/mol. The van der Waals surface area contributed by atoms with E-state index in [1.165, 1.54) is 0 Å². The average molecular weight is 219 g/mol. The second-order valence-electron chi connectivity index (χ2n) is 2.84. The topological polar surface area (TPSA) is 17.1 Å². The van der Waals surface area contributed by atoms with Crippen molar-refractivity contribution >= 4 is 17.4 Å². The molecule has 0 N–H and O–H groups in total. The maximum atomic E-state index is 13.0. The number of hydrogen-bond donors (Lipinski definition) is 0. The van der Waals surface area contributed by atoms with Crippen LogP contribution in [-0.2, 0) is 0 Å². The van der Waals surface area contributed by atoms with Crippen LogP contribution in [0, 0.1) is 11.6 Å². The first-order valence-electron chi connectivity index (χ1n) is 4.19. The zero-order valence-electron chi connectivity index (χ0n) is 7.40. The quantitative estimate of drug-likeness (QED) is 0.561. The molecule has 76 valence electrons. The fourth-order valence-electron chi connectivity index (χ4n) is 1.07. The molecule has 0 amide bonds. The molecule has 0 spiro atoms. The maximum absolute atomic E-state index is 13.0. The van der Waals surface area contributed by atoms with Gasteiger partial charge in [-0.1, -0.05) is 0 Å². The van der Waals surface area contributed by atoms with E-state index in [4.69, 9.17) is 11.6 Å². The van der Waals surface area contributed by atoms with E-state index in [0.717, 1.165) is 18.2 Å². The van der Waals surface area contributed by atoms with Crippen LogP contribution in [0.2, 0.25) is 0 Å². The van der Waals surface area contributed by atoms with Crippen LogP contribution in [-0.4, -0.2) is 11.7 Å². The largest absolute Gasteiger partial charge is 0.294 e. The molecule has 1 aromatic rings. The van der Waals surface area contributed by atoms with Crippen molar-refractivity contribution in [2.24, 2.45) is 0 Å². The summed E-state index contributed by atoms with van der Waals surface area (Å²) >= 11 is 5.38. The first-order valence-corrected chi connectivity index (χ1v) is 4.73. The van der Waals surface area contributed by atoms with Gasteiger partial charge in [-0.15, -0.1) is 11.6 Å². The molecule has 1 aromatic carbocycles. The Morgan fingerprint density at radius 1 is 1.36 bits per heavy atom. The minimum atomic E-state index is -0.689. The molecular formula is C10H9ClF2O. The number of alkyl halides is 1. The van der Waals surface area contributed by atoms with Gasteiger partial charge in [-0.2, -0.15) is 0 Å². The number of halogens is 3. The van der Waals surface area contributed by atoms with Gasteiger partial charge in [-0.25, -0.2) is 8.78 Å². The molecule has 14 heavy (non-hydrogen) atoms. The van der Waals surface area contributed by atoms with E-state index in [2.05, 4.69) is 0 Å². The number of carbonyl (C=O) groups excluding carboxylic acids is 1. The molecule has 1 rings (SSSR count). The summed E-state index contributed by atoms with van der Waals surface area (Å²) in [6, 6.07) is 2.84. The zero-order chi connectivity index (χ0) is 10.6. The summed E-state index contributed by atoms with van der Waals surface area (Å²) in [7, 11) is 0. The van der Waals surface area contributed by atoms with E-state index >= 15 is 0 Å². The molecule has 0 fully saturated rings. The lowest BCUT2D eigenvalue weighted by Crippen LogP contribution is -2.03. The Morgan fingerprint density at radius 2 is 2.07 bits per heavy atom. The highest BCUT2D eigenvalue weighted by atomic mass is 35.5. The predicted molar refractivity (Wildman–Crippen MR) is 50.6 cm³/mol. The summed E-state index contributed by atoms with van der Waals surface area (Å²) in [4.78, 5) is 11.3. The summed E-state index contributed by atoms with van der Waals surface area (Å²) in [5.74, 6) is -1.38. The third-order valence-corrected chi connectivity index (χ3v) is 2.03. The number of Topliss-reactive ketones (excluding diaryl/α,β-unsaturated/α-hetero) is 1. The predicted octanol–water partition coefficient (Wildman–Crippen LogP) is 3.17. The molecule has 0 saturated heterocycles. The summed E-state index contributed by atoms with van der Waals surface area (Å²) in [5, 5.41) is 0. The second-order valence-corrected chi connectivity index (χ2v) is 3.22. The van der Waals surface area contributed by atoms with E-state index in [-0.39, 0.29) is 12.0 Å². The van der Waals surface area contributed by atoms with Gasteiger partial charge >= 0.3 is 0 Å². The van der Waals surface area contributed by atoms with Gasteiger partial charge < -0.3 is 0 Å². The summed E-state index contributed by atoms with van der Waals surface area (Å²) < 4.78 is 25.7. The highest BCUT2D eigenvalue weighted by molar-refractivity contribution is 6.18. The number of rotatable bonds is 4. The van der Waals surface area contributed by atoms with E-state index in [0.29, 0.717) is 12.3 Å². The van der Waals surface area contributed by atoms with Crippen LogP contribution in [0.3, 0.4) is 0 Å². The molecule has 0 saturated carbocycles. The molecule has 0 heterocycles. The highest BCUT2D eigenvalue weighted by Gasteiger charge is 2.11. The first kappa shape index (κ1) is 11.1. The fraction of sp³-hybridized carbons (Fsp3) is 0.300. The molecule has 0 aliphatic rings. The van der Waals surface area contributed by atoms with Gasteiger partial charge in [0.05, 0.1) is 5.56 Å². The van der Waals surface area contributed by atoms with Gasteiger partial charge in [0.25, 0.3) is 0 Å². The standard InChI is InChI=1S/C10H9ClF2O/c11-5-1-2-10(14)8-6-7(12)3-4-9(8)13/h3-4,6H,1-2,5H2. The minimum absolute atomic E-state index is 0.143. The first-order chi connectivity index (χ1) is 6.65. The van der Waals surface area contributed by atoms with Crippen LogP contribution in [0.25, 0.3) is 0 Å². The van der Waals surface area contributed by atoms with E-state index < -0.39 is 17.4 Å². The van der Waals surface area contributed by atoms with Gasteiger partial charge in [0.15, 0.2) is 5.78 Å². The number of benzene rings is 1. The Kier molecular flexibility index (Phi) is 4.01. The molecule has 0 unspecified atom stereocenters. The van der Waals surface area contributed by atoms with Crippen molar-refractivity contribution in [1.29, 1.82) is 0 Å². The van der Waals surface area contributed by atoms with Crippen LogP contribution >= 0.6 is 11.6 Å². The lowest BCUT2D eigenvalue weighted by atomic mass is 10.1. The van der Waals surface area contributed by atoms with Crippen molar-refractivity contribution in [2.45, 2.75) is 12.8 Å². The normalized spacial score (nSPS) is 10.2. The summed E-state index contributed by atoms with van der Waals surface area (Å²) in [6.45, 7) is 0. The third kappa shape index (κ3) is 2.77. The second kappa shape index (κ2) is 5.05. The lowest BCUT2D eigenvalue weighted by Gasteiger charge is -2.01. The van der Waals surface area contributed by atoms with Crippen molar-refractivity contribution < 1.29 is 13.6 Å². The van der Waals surface area contributed by atoms with Crippen molar-refractivity contribution in [3.8, 4) is 0 Å². The van der Waals surface area contributed by atoms with Crippen LogP contribution in [0.1, 0.15) is 23.2 Å². The van der Waals surface area contributed by atoms with Crippen LogP contribution in [0.5, 0.6) is 0 Å². The van der Waals surface area contributed by atoms with Gasteiger partial charge in [0, 0.05) is 12.3 Å². The zero-order valence-corrected chi connectivity index (χ0v) is 8.15. The third-order valence-electron chi connectivity index (χ3n) is 1.77. The van der Waals surface area contributed by atoms with Crippen molar-refractivity contribution in [3.63, 3.8) is 0 Å². The molecule has 0 aliphatic carbocycles. The smallest absolute Gasteiger partial charge is 0.165 e. The molecule has 4 heteroatoms. The minimum Gasteiger partial charge on any atom is -0.294 e. The van der Waals surface area contributed by atoms with Crippen LogP contribution in [0.15, 0.2) is 18.2 Å². The van der Waals surface area contributed by atoms with E-state index in [9.17, 15) is 13.6 Å². The van der Waals surface area contributed by atoms with Crippen LogP contribution < -0.4 is 0 Å². The average Bonchev–Trinajstić information content (AvgIpc) is 2.18. The highest BCUT2D eigenvalue weighted by Crippen LogP contribution is 2.12. The number of ketones is 1. The van der Waals surface area contributed by atoms with E-state index in [1.807, 2.05) is 0 Å².